The first-order valence-corrected chi connectivity index (χ1v) is 5.43. The van der Waals surface area contributed by atoms with E-state index >= 15 is 0 Å². The molecule has 2 heterocycles. The maximum atomic E-state index is 12.1. The highest BCUT2D eigenvalue weighted by Gasteiger charge is 2.32. The summed E-state index contributed by atoms with van der Waals surface area (Å²) in [5, 5.41) is 3.87. The summed E-state index contributed by atoms with van der Waals surface area (Å²) in [7, 11) is 0. The van der Waals surface area contributed by atoms with Crippen molar-refractivity contribution < 1.29 is 4.79 Å². The van der Waals surface area contributed by atoms with Gasteiger partial charge in [0.15, 0.2) is 0 Å². The number of fused-ring (bicyclic) bond motifs is 1. The lowest BCUT2D eigenvalue weighted by Crippen LogP contribution is -2.50. The van der Waals surface area contributed by atoms with Crippen LogP contribution in [0.3, 0.4) is 0 Å². The van der Waals surface area contributed by atoms with Gasteiger partial charge in [-0.1, -0.05) is 30.3 Å². The molecular formula is C12H12N4O. The number of nitrogens with zero attached hydrogens (tertiary/aromatic N) is 3. The summed E-state index contributed by atoms with van der Waals surface area (Å²) in [6, 6.07) is 9.91. The highest BCUT2D eigenvalue weighted by atomic mass is 16.2. The van der Waals surface area contributed by atoms with E-state index in [0.29, 0.717) is 6.54 Å². The molecular weight excluding hydrogens is 216 g/mol. The molecule has 1 unspecified atom stereocenters. The van der Waals surface area contributed by atoms with E-state index in [4.69, 9.17) is 0 Å². The molecule has 1 aromatic carbocycles. The largest absolute Gasteiger partial charge is 0.310 e. The molecule has 0 saturated carbocycles. The first kappa shape index (κ1) is 9.89. The van der Waals surface area contributed by atoms with Crippen LogP contribution in [0.1, 0.15) is 5.56 Å². The second-order valence-corrected chi connectivity index (χ2v) is 3.97. The van der Waals surface area contributed by atoms with Crippen molar-refractivity contribution in [3.05, 3.63) is 48.3 Å². The fraction of sp³-hybridized carbons (Fsp3) is 0.167. The zero-order chi connectivity index (χ0) is 11.7. The van der Waals surface area contributed by atoms with Gasteiger partial charge >= 0.3 is 0 Å². The van der Waals surface area contributed by atoms with Crippen LogP contribution in [-0.2, 0) is 11.3 Å². The monoisotopic (exact) mass is 228 g/mol. The van der Waals surface area contributed by atoms with E-state index < -0.39 is 0 Å². The Balaban J connectivity index is 1.77. The Morgan fingerprint density at radius 1 is 1.24 bits per heavy atom. The number of carbonyl (C=O) groups excluding carboxylic acids is 1. The molecule has 2 aliphatic rings. The normalized spacial score (nSPS) is 21.6. The van der Waals surface area contributed by atoms with Gasteiger partial charge in [0.05, 0.1) is 6.54 Å². The molecule has 17 heavy (non-hydrogen) atoms. The predicted molar refractivity (Wildman–Crippen MR) is 63.4 cm³/mol. The van der Waals surface area contributed by atoms with Crippen LogP contribution in [0.2, 0.25) is 0 Å². The molecule has 1 atom stereocenters. The quantitative estimate of drug-likeness (QED) is 0.809. The van der Waals surface area contributed by atoms with E-state index in [1.807, 2.05) is 36.5 Å². The van der Waals surface area contributed by atoms with Gasteiger partial charge in [-0.15, -0.1) is 0 Å². The molecule has 1 aromatic rings. The molecule has 5 nitrogen and oxygen atoms in total. The zero-order valence-corrected chi connectivity index (χ0v) is 9.15. The van der Waals surface area contributed by atoms with E-state index in [1.165, 1.54) is 0 Å². The number of hydrazone groups is 1. The number of carbonyl (C=O) groups is 1. The molecule has 0 radical (unpaired) electrons. The van der Waals surface area contributed by atoms with Crippen LogP contribution in [0, 0.1) is 0 Å². The van der Waals surface area contributed by atoms with Crippen LogP contribution < -0.4 is 5.43 Å². The number of rotatable bonds is 2. The van der Waals surface area contributed by atoms with E-state index in [0.717, 1.165) is 5.56 Å². The van der Waals surface area contributed by atoms with Crippen LogP contribution in [0.4, 0.5) is 0 Å². The van der Waals surface area contributed by atoms with Gasteiger partial charge in [0.25, 0.3) is 5.91 Å². The Labute approximate surface area is 99.0 Å². The van der Waals surface area contributed by atoms with Gasteiger partial charge < -0.3 is 9.80 Å². The van der Waals surface area contributed by atoms with Gasteiger partial charge in [0.1, 0.15) is 6.34 Å². The van der Waals surface area contributed by atoms with Gasteiger partial charge in [-0.25, -0.2) is 0 Å². The lowest BCUT2D eigenvalue weighted by Gasteiger charge is -2.30. The lowest BCUT2D eigenvalue weighted by atomic mass is 10.2. The third kappa shape index (κ3) is 1.75. The first-order valence-electron chi connectivity index (χ1n) is 5.43. The summed E-state index contributed by atoms with van der Waals surface area (Å²) in [6.45, 7) is 0.586. The molecule has 0 aromatic heterocycles. The van der Waals surface area contributed by atoms with Crippen LogP contribution in [0.25, 0.3) is 0 Å². The Hall–Kier alpha value is -2.30. The molecule has 0 aliphatic carbocycles. The molecule has 0 fully saturated rings. The van der Waals surface area contributed by atoms with Gasteiger partial charge in [0, 0.05) is 12.4 Å². The van der Waals surface area contributed by atoms with Crippen LogP contribution in [0.5, 0.6) is 0 Å². The minimum absolute atomic E-state index is 0.00820. The highest BCUT2D eigenvalue weighted by molar-refractivity contribution is 5.87. The van der Waals surface area contributed by atoms with E-state index in [2.05, 4.69) is 10.5 Å². The summed E-state index contributed by atoms with van der Waals surface area (Å²) >= 11 is 0. The molecule has 3 rings (SSSR count). The summed E-state index contributed by atoms with van der Waals surface area (Å²) < 4.78 is 0. The molecule has 0 spiro atoms. The Morgan fingerprint density at radius 3 is 2.88 bits per heavy atom. The minimum Gasteiger partial charge on any atom is -0.310 e. The van der Waals surface area contributed by atoms with Crippen molar-refractivity contribution >= 4 is 12.2 Å². The highest BCUT2D eigenvalue weighted by Crippen LogP contribution is 2.15. The third-order valence-corrected chi connectivity index (χ3v) is 2.82. The van der Waals surface area contributed by atoms with Gasteiger partial charge in [-0.3, -0.25) is 10.2 Å². The minimum atomic E-state index is -0.385. The Morgan fingerprint density at radius 2 is 2.06 bits per heavy atom. The maximum Gasteiger partial charge on any atom is 0.272 e. The van der Waals surface area contributed by atoms with Crippen molar-refractivity contribution in [1.82, 2.24) is 15.2 Å². The molecule has 1 amide bonds. The third-order valence-electron chi connectivity index (χ3n) is 2.82. The summed E-state index contributed by atoms with van der Waals surface area (Å²) in [6.07, 6.45) is 4.85. The summed E-state index contributed by atoms with van der Waals surface area (Å²) in [5.74, 6) is 0.00820. The van der Waals surface area contributed by atoms with Crippen molar-refractivity contribution in [3.63, 3.8) is 0 Å². The second-order valence-electron chi connectivity index (χ2n) is 3.97. The predicted octanol–water partition coefficient (Wildman–Crippen LogP) is 0.675. The van der Waals surface area contributed by atoms with E-state index in [-0.39, 0.29) is 12.1 Å². The maximum absolute atomic E-state index is 12.1. The summed E-state index contributed by atoms with van der Waals surface area (Å²) in [4.78, 5) is 15.5. The zero-order valence-electron chi connectivity index (χ0n) is 9.15. The average molecular weight is 228 g/mol. The standard InChI is InChI=1S/C12H12N4O/c17-12-11-14-13-9-16(11)7-6-15(12)8-10-4-2-1-3-5-10/h1-7,9,11,14H,8H2. The second kappa shape index (κ2) is 3.93. The van der Waals surface area contributed by atoms with Crippen LogP contribution >= 0.6 is 0 Å². The number of hydrogen-bond donors (Lipinski definition) is 1. The Bertz CT molecular complexity index is 483. The average Bonchev–Trinajstić information content (AvgIpc) is 2.83. The lowest BCUT2D eigenvalue weighted by molar-refractivity contribution is -0.134. The molecule has 0 bridgehead atoms. The van der Waals surface area contributed by atoms with E-state index in [9.17, 15) is 4.79 Å². The molecule has 5 heteroatoms. The molecule has 0 saturated heterocycles. The number of benzene rings is 1. The van der Waals surface area contributed by atoms with Crippen molar-refractivity contribution in [2.24, 2.45) is 5.10 Å². The van der Waals surface area contributed by atoms with Crippen LogP contribution in [-0.4, -0.2) is 28.2 Å². The molecule has 2 aliphatic heterocycles. The van der Waals surface area contributed by atoms with Gasteiger partial charge in [0.2, 0.25) is 6.17 Å². The van der Waals surface area contributed by atoms with E-state index in [1.54, 1.807) is 22.3 Å². The first-order chi connectivity index (χ1) is 8.34. The number of amides is 1. The molecule has 1 N–H and O–H groups in total. The number of hydrogen-bond acceptors (Lipinski definition) is 4. The number of nitrogens with one attached hydrogen (secondary N) is 1. The molecule has 86 valence electrons. The smallest absolute Gasteiger partial charge is 0.272 e. The van der Waals surface area contributed by atoms with Crippen molar-refractivity contribution in [3.8, 4) is 0 Å². The SMILES string of the molecule is O=C1C2NN=CN2C=CN1Cc1ccccc1. The summed E-state index contributed by atoms with van der Waals surface area (Å²) in [5.41, 5.74) is 3.89. The van der Waals surface area contributed by atoms with Crippen molar-refractivity contribution in [2.75, 3.05) is 0 Å². The fourth-order valence-corrected chi connectivity index (χ4v) is 1.91. The van der Waals surface area contributed by atoms with Crippen molar-refractivity contribution in [2.45, 2.75) is 12.7 Å². The Kier molecular flexibility index (Phi) is 2.29. The fourth-order valence-electron chi connectivity index (χ4n) is 1.91. The van der Waals surface area contributed by atoms with Gasteiger partial charge in [-0.2, -0.15) is 5.10 Å². The van der Waals surface area contributed by atoms with Gasteiger partial charge in [-0.05, 0) is 5.56 Å². The van der Waals surface area contributed by atoms with Crippen LogP contribution in [0.15, 0.2) is 47.8 Å². The van der Waals surface area contributed by atoms with Crippen molar-refractivity contribution in [1.29, 1.82) is 0 Å². The topological polar surface area (TPSA) is 47.9 Å².